The highest BCUT2D eigenvalue weighted by Crippen LogP contribution is 2.34. The van der Waals surface area contributed by atoms with Crippen molar-refractivity contribution < 1.29 is 34.8 Å². The zero-order chi connectivity index (χ0) is 17.9. The second-order valence-corrected chi connectivity index (χ2v) is 6.21. The van der Waals surface area contributed by atoms with Crippen LogP contribution in [0.4, 0.5) is 0 Å². The number of hydrogen-bond acceptors (Lipinski definition) is 8. The Kier molecular flexibility index (Phi) is 5.89. The molecule has 1 aromatic heterocycles. The topological polar surface area (TPSA) is 149 Å². The van der Waals surface area contributed by atoms with Crippen LogP contribution in [0.5, 0.6) is 0 Å². The van der Waals surface area contributed by atoms with Crippen LogP contribution in [0.15, 0.2) is 23.4 Å². The van der Waals surface area contributed by atoms with Gasteiger partial charge in [0.15, 0.2) is 0 Å². The number of nitrogens with zero attached hydrogens (tertiary/aromatic N) is 1. The molecule has 0 radical (unpaired) electrons. The van der Waals surface area contributed by atoms with Gasteiger partial charge >= 0.3 is 5.97 Å². The highest BCUT2D eigenvalue weighted by Gasteiger charge is 2.44. The summed E-state index contributed by atoms with van der Waals surface area (Å²) >= 11 is 1.25. The third-order valence-electron chi connectivity index (χ3n) is 3.57. The molecule has 0 spiro atoms. The molecule has 2 heterocycles. The molecule has 0 aliphatic carbocycles. The first kappa shape index (κ1) is 18.3. The van der Waals surface area contributed by atoms with Gasteiger partial charge in [-0.15, -0.1) is 11.3 Å². The zero-order valence-corrected chi connectivity index (χ0v) is 13.5. The van der Waals surface area contributed by atoms with Crippen LogP contribution in [-0.4, -0.2) is 68.2 Å². The highest BCUT2D eigenvalue weighted by molar-refractivity contribution is 7.09. The molecule has 0 fully saturated rings. The van der Waals surface area contributed by atoms with E-state index in [1.54, 1.807) is 5.38 Å². The summed E-state index contributed by atoms with van der Waals surface area (Å²) in [7, 11) is 0. The maximum atomic E-state index is 11.5. The Morgan fingerprint density at radius 3 is 2.67 bits per heavy atom. The van der Waals surface area contributed by atoms with E-state index in [0.717, 1.165) is 0 Å². The monoisotopic (exact) mass is 358 g/mol. The van der Waals surface area contributed by atoms with Crippen molar-refractivity contribution in [3.63, 3.8) is 0 Å². The van der Waals surface area contributed by atoms with Crippen LogP contribution in [-0.2, 0) is 14.3 Å². The molecule has 2 unspecified atom stereocenters. The Hall–Kier alpha value is -2.01. The first-order valence-corrected chi connectivity index (χ1v) is 7.98. The maximum Gasteiger partial charge on any atom is 0.370 e. The van der Waals surface area contributed by atoms with Crippen LogP contribution in [0.1, 0.15) is 17.8 Å². The fraction of sp³-hybridized carbons (Fsp3) is 0.500. The van der Waals surface area contributed by atoms with Gasteiger partial charge in [-0.1, -0.05) is 0 Å². The molecule has 0 bridgehead atoms. The number of carboxylic acids is 1. The summed E-state index contributed by atoms with van der Waals surface area (Å²) in [6.07, 6.45) is -1.62. The number of amides is 1. The lowest BCUT2D eigenvalue weighted by Gasteiger charge is -2.39. The number of rotatable bonds is 6. The normalized spacial score (nSPS) is 26.0. The minimum Gasteiger partial charge on any atom is -0.478 e. The molecule has 0 saturated carbocycles. The van der Waals surface area contributed by atoms with E-state index in [-0.39, 0.29) is 0 Å². The average Bonchev–Trinajstić information content (AvgIpc) is 3.07. The van der Waals surface area contributed by atoms with Crippen LogP contribution >= 0.6 is 11.3 Å². The Bertz CT molecular complexity index is 619. The van der Waals surface area contributed by atoms with E-state index in [0.29, 0.717) is 5.01 Å². The number of aliphatic carboxylic acids is 1. The van der Waals surface area contributed by atoms with Crippen molar-refractivity contribution in [1.29, 1.82) is 0 Å². The molecule has 1 aromatic rings. The molecule has 132 valence electrons. The van der Waals surface area contributed by atoms with Gasteiger partial charge < -0.3 is 30.5 Å². The van der Waals surface area contributed by atoms with E-state index in [2.05, 4.69) is 10.3 Å². The molecule has 1 aliphatic rings. The summed E-state index contributed by atoms with van der Waals surface area (Å²) in [6.45, 7) is 0.517. The predicted octanol–water partition coefficient (Wildman–Crippen LogP) is -1.19. The average molecular weight is 358 g/mol. The van der Waals surface area contributed by atoms with E-state index in [1.165, 1.54) is 30.5 Å². The largest absolute Gasteiger partial charge is 0.478 e. The van der Waals surface area contributed by atoms with Gasteiger partial charge in [-0.05, 0) is 6.08 Å². The molecular formula is C14H18N2O7S. The minimum absolute atomic E-state index is 0.423. The Morgan fingerprint density at radius 1 is 1.46 bits per heavy atom. The first-order valence-electron chi connectivity index (χ1n) is 7.10. The fourth-order valence-electron chi connectivity index (χ4n) is 2.49. The lowest BCUT2D eigenvalue weighted by atomic mass is 9.87. The summed E-state index contributed by atoms with van der Waals surface area (Å²) in [5.74, 6) is -2.87. The third kappa shape index (κ3) is 3.90. The van der Waals surface area contributed by atoms with E-state index >= 15 is 0 Å². The van der Waals surface area contributed by atoms with Crippen LogP contribution in [0.2, 0.25) is 0 Å². The van der Waals surface area contributed by atoms with E-state index in [4.69, 9.17) is 9.84 Å². The molecule has 0 saturated heterocycles. The van der Waals surface area contributed by atoms with Crippen LogP contribution < -0.4 is 5.32 Å². The van der Waals surface area contributed by atoms with Crippen LogP contribution in [0.3, 0.4) is 0 Å². The summed E-state index contributed by atoms with van der Waals surface area (Å²) in [5.41, 5.74) is 0. The van der Waals surface area contributed by atoms with Gasteiger partial charge in [0.2, 0.25) is 11.7 Å². The number of carbonyl (C=O) groups is 2. The van der Waals surface area contributed by atoms with E-state index in [9.17, 15) is 24.9 Å². The van der Waals surface area contributed by atoms with Crippen molar-refractivity contribution >= 4 is 23.2 Å². The van der Waals surface area contributed by atoms with Gasteiger partial charge in [-0.3, -0.25) is 4.79 Å². The molecule has 1 aliphatic heterocycles. The summed E-state index contributed by atoms with van der Waals surface area (Å²) in [5, 5.41) is 43.0. The zero-order valence-electron chi connectivity index (χ0n) is 12.7. The number of aliphatic hydroxyl groups excluding tert-OH is 3. The van der Waals surface area contributed by atoms with Gasteiger partial charge in [0.1, 0.15) is 23.3 Å². The van der Waals surface area contributed by atoms with E-state index in [1.807, 2.05) is 0 Å². The van der Waals surface area contributed by atoms with Crippen LogP contribution in [0.25, 0.3) is 0 Å². The summed E-state index contributed by atoms with van der Waals surface area (Å²) < 4.78 is 5.28. The minimum atomic E-state index is -1.61. The SMILES string of the molecule is CC(=O)N[C@H]1C(c2nccs2)C=C(C(=O)O)OC1[C@H](O)[C@H](O)CO. The lowest BCUT2D eigenvalue weighted by Crippen LogP contribution is -2.57. The number of thiazole rings is 1. The summed E-state index contributed by atoms with van der Waals surface area (Å²) in [6, 6.07) is -0.868. The molecular weight excluding hydrogens is 340 g/mol. The van der Waals surface area contributed by atoms with Gasteiger partial charge in [0, 0.05) is 18.5 Å². The number of aliphatic hydroxyl groups is 3. The summed E-state index contributed by atoms with van der Waals surface area (Å²) in [4.78, 5) is 27.0. The first-order chi connectivity index (χ1) is 11.3. The predicted molar refractivity (Wildman–Crippen MR) is 82.2 cm³/mol. The van der Waals surface area contributed by atoms with Gasteiger partial charge in [-0.25, -0.2) is 9.78 Å². The van der Waals surface area contributed by atoms with Crippen molar-refractivity contribution in [2.75, 3.05) is 6.61 Å². The number of hydrogen-bond donors (Lipinski definition) is 5. The quantitative estimate of drug-likeness (QED) is 0.426. The molecule has 24 heavy (non-hydrogen) atoms. The Labute approximate surface area is 141 Å². The fourth-order valence-corrected chi connectivity index (χ4v) is 3.25. The molecule has 5 N–H and O–H groups in total. The van der Waals surface area contributed by atoms with Crippen molar-refractivity contribution in [2.45, 2.75) is 37.2 Å². The maximum absolute atomic E-state index is 11.5. The van der Waals surface area contributed by atoms with Gasteiger partial charge in [0.25, 0.3) is 0 Å². The Morgan fingerprint density at radius 2 is 2.17 bits per heavy atom. The Balaban J connectivity index is 2.45. The third-order valence-corrected chi connectivity index (χ3v) is 4.45. The van der Waals surface area contributed by atoms with Crippen molar-refractivity contribution in [3.05, 3.63) is 28.4 Å². The number of carbonyl (C=O) groups excluding carboxylic acids is 1. The van der Waals surface area contributed by atoms with E-state index < -0.39 is 54.5 Å². The molecule has 10 heteroatoms. The van der Waals surface area contributed by atoms with Crippen LogP contribution in [0, 0.1) is 0 Å². The smallest absolute Gasteiger partial charge is 0.370 e. The molecule has 5 atom stereocenters. The lowest BCUT2D eigenvalue weighted by molar-refractivity contribution is -0.146. The highest BCUT2D eigenvalue weighted by atomic mass is 32.1. The second kappa shape index (κ2) is 7.71. The standard InChI is InChI=1S/C14H18N2O7S/c1-6(18)16-10-7(13-15-2-3-24-13)4-9(14(21)22)23-12(10)11(20)8(19)5-17/h2-4,7-8,10-12,17,19-20H,5H2,1H3,(H,16,18)(H,21,22)/t7?,8-,10+,11-,12?/m1/s1. The molecule has 2 rings (SSSR count). The molecule has 0 aromatic carbocycles. The van der Waals surface area contributed by atoms with Crippen molar-refractivity contribution in [1.82, 2.24) is 10.3 Å². The number of ether oxygens (including phenoxy) is 1. The van der Waals surface area contributed by atoms with Crippen molar-refractivity contribution in [3.8, 4) is 0 Å². The van der Waals surface area contributed by atoms with Crippen molar-refractivity contribution in [2.24, 2.45) is 0 Å². The van der Waals surface area contributed by atoms with Gasteiger partial charge in [0.05, 0.1) is 18.6 Å². The number of aromatic nitrogens is 1. The molecule has 9 nitrogen and oxygen atoms in total. The number of carboxylic acid groups (broad SMARTS) is 1. The second-order valence-electron chi connectivity index (χ2n) is 5.28. The van der Waals surface area contributed by atoms with Gasteiger partial charge in [-0.2, -0.15) is 0 Å². The number of nitrogens with one attached hydrogen (secondary N) is 1. The molecule has 1 amide bonds.